The topological polar surface area (TPSA) is 66.3 Å². The fraction of sp³-hybridized carbons (Fsp3) is 0.545. The first-order valence-electron chi connectivity index (χ1n) is 5.93. The van der Waals surface area contributed by atoms with Gasteiger partial charge in [-0.1, -0.05) is 6.92 Å². The fourth-order valence-electron chi connectivity index (χ4n) is 2.44. The second-order valence-corrected chi connectivity index (χ2v) is 4.66. The highest BCUT2D eigenvalue weighted by Gasteiger charge is 2.20. The summed E-state index contributed by atoms with van der Waals surface area (Å²) in [6, 6.07) is 1.73. The van der Waals surface area contributed by atoms with E-state index in [1.165, 1.54) is 10.8 Å². The lowest BCUT2D eigenvalue weighted by Gasteiger charge is -2.31. The molecular formula is C11H15N5O. The summed E-state index contributed by atoms with van der Waals surface area (Å²) in [5.74, 6) is 1.34. The largest absolute Gasteiger partial charge is 0.350 e. The number of hydrogen-bond donors (Lipinski definition) is 1. The number of aromatic amines is 1. The predicted octanol–water partition coefficient (Wildman–Crippen LogP) is 0.654. The highest BCUT2D eigenvalue weighted by molar-refractivity contribution is 5.45. The minimum atomic E-state index is -0.221. The van der Waals surface area contributed by atoms with Crippen LogP contribution in [0.5, 0.6) is 0 Å². The van der Waals surface area contributed by atoms with E-state index in [-0.39, 0.29) is 5.69 Å². The highest BCUT2D eigenvalue weighted by atomic mass is 16.1. The van der Waals surface area contributed by atoms with Gasteiger partial charge in [-0.05, 0) is 18.8 Å². The Morgan fingerprint density at radius 1 is 1.53 bits per heavy atom. The van der Waals surface area contributed by atoms with Gasteiger partial charge in [-0.2, -0.15) is 5.10 Å². The van der Waals surface area contributed by atoms with E-state index in [9.17, 15) is 4.79 Å². The molecule has 6 nitrogen and oxygen atoms in total. The van der Waals surface area contributed by atoms with E-state index < -0.39 is 0 Å². The smallest absolute Gasteiger partial charge is 0.342 e. The van der Waals surface area contributed by atoms with Crippen LogP contribution in [0.3, 0.4) is 0 Å². The Morgan fingerprint density at radius 3 is 3.24 bits per heavy atom. The van der Waals surface area contributed by atoms with Crippen molar-refractivity contribution >= 4 is 11.6 Å². The summed E-state index contributed by atoms with van der Waals surface area (Å²) >= 11 is 0. The van der Waals surface area contributed by atoms with Crippen molar-refractivity contribution in [3.63, 3.8) is 0 Å². The second kappa shape index (κ2) is 3.87. The molecule has 3 heterocycles. The number of piperidine rings is 1. The molecule has 0 amide bonds. The summed E-state index contributed by atoms with van der Waals surface area (Å²) in [6.45, 7) is 4.13. The molecule has 1 aliphatic rings. The zero-order valence-electron chi connectivity index (χ0n) is 9.76. The summed E-state index contributed by atoms with van der Waals surface area (Å²) in [7, 11) is 0. The second-order valence-electron chi connectivity index (χ2n) is 4.66. The van der Waals surface area contributed by atoms with Crippen LogP contribution in [-0.4, -0.2) is 32.7 Å². The summed E-state index contributed by atoms with van der Waals surface area (Å²) < 4.78 is 1.54. The third kappa shape index (κ3) is 1.69. The quantitative estimate of drug-likeness (QED) is 0.785. The van der Waals surface area contributed by atoms with Gasteiger partial charge in [0.05, 0.1) is 0 Å². The number of anilines is 1. The van der Waals surface area contributed by atoms with Gasteiger partial charge >= 0.3 is 5.69 Å². The SMILES string of the molecule is CC1CCCN(c2nccc3n[nH]c(=O)n23)C1. The first-order chi connectivity index (χ1) is 8.25. The molecule has 0 aromatic carbocycles. The Bertz CT molecular complexity index is 587. The molecule has 17 heavy (non-hydrogen) atoms. The van der Waals surface area contributed by atoms with Crippen molar-refractivity contribution in [3.05, 3.63) is 22.7 Å². The zero-order valence-corrected chi connectivity index (χ0v) is 9.76. The number of nitrogens with one attached hydrogen (secondary N) is 1. The molecule has 1 fully saturated rings. The van der Waals surface area contributed by atoms with E-state index in [1.807, 2.05) is 0 Å². The van der Waals surface area contributed by atoms with E-state index >= 15 is 0 Å². The molecule has 0 bridgehead atoms. The van der Waals surface area contributed by atoms with Gasteiger partial charge in [-0.15, -0.1) is 0 Å². The molecule has 2 aromatic rings. The van der Waals surface area contributed by atoms with Gasteiger partial charge in [0.2, 0.25) is 5.95 Å². The first-order valence-corrected chi connectivity index (χ1v) is 5.93. The van der Waals surface area contributed by atoms with Gasteiger partial charge in [0.15, 0.2) is 5.65 Å². The Hall–Kier alpha value is -1.85. The molecule has 1 N–H and O–H groups in total. The van der Waals surface area contributed by atoms with Crippen LogP contribution in [0.25, 0.3) is 5.65 Å². The number of nitrogens with zero attached hydrogens (tertiary/aromatic N) is 4. The Labute approximate surface area is 98.3 Å². The molecule has 1 saturated heterocycles. The molecule has 3 rings (SSSR count). The van der Waals surface area contributed by atoms with Crippen LogP contribution in [-0.2, 0) is 0 Å². The molecule has 2 aromatic heterocycles. The van der Waals surface area contributed by atoms with Crippen LogP contribution >= 0.6 is 0 Å². The summed E-state index contributed by atoms with van der Waals surface area (Å²) in [6.07, 6.45) is 4.09. The summed E-state index contributed by atoms with van der Waals surface area (Å²) in [4.78, 5) is 18.2. The summed E-state index contributed by atoms with van der Waals surface area (Å²) in [5.41, 5.74) is 0.402. The summed E-state index contributed by atoms with van der Waals surface area (Å²) in [5, 5.41) is 6.41. The van der Waals surface area contributed by atoms with Crippen molar-refractivity contribution in [1.82, 2.24) is 19.6 Å². The van der Waals surface area contributed by atoms with Gasteiger partial charge in [0, 0.05) is 25.4 Å². The maximum absolute atomic E-state index is 11.7. The van der Waals surface area contributed by atoms with Crippen molar-refractivity contribution in [2.45, 2.75) is 19.8 Å². The lowest BCUT2D eigenvalue weighted by molar-refractivity contribution is 0.440. The molecule has 0 spiro atoms. The van der Waals surface area contributed by atoms with Gasteiger partial charge in [-0.25, -0.2) is 19.3 Å². The zero-order chi connectivity index (χ0) is 11.8. The van der Waals surface area contributed by atoms with Crippen LogP contribution in [0.4, 0.5) is 5.95 Å². The fourth-order valence-corrected chi connectivity index (χ4v) is 2.44. The minimum absolute atomic E-state index is 0.221. The lowest BCUT2D eigenvalue weighted by atomic mass is 10.0. The van der Waals surface area contributed by atoms with Crippen LogP contribution in [0.15, 0.2) is 17.1 Å². The number of H-pyrrole nitrogens is 1. The van der Waals surface area contributed by atoms with E-state index in [0.717, 1.165) is 19.5 Å². The van der Waals surface area contributed by atoms with E-state index in [0.29, 0.717) is 17.5 Å². The molecule has 90 valence electrons. The van der Waals surface area contributed by atoms with Crippen LogP contribution in [0, 0.1) is 5.92 Å². The van der Waals surface area contributed by atoms with E-state index in [2.05, 4.69) is 27.0 Å². The van der Waals surface area contributed by atoms with Crippen molar-refractivity contribution in [2.75, 3.05) is 18.0 Å². The van der Waals surface area contributed by atoms with Gasteiger partial charge in [-0.3, -0.25) is 0 Å². The predicted molar refractivity (Wildman–Crippen MR) is 64.2 cm³/mol. The van der Waals surface area contributed by atoms with E-state index in [1.54, 1.807) is 12.3 Å². The molecule has 0 saturated carbocycles. The number of aromatic nitrogens is 4. The maximum Gasteiger partial charge on any atom is 0.350 e. The van der Waals surface area contributed by atoms with Crippen molar-refractivity contribution < 1.29 is 0 Å². The maximum atomic E-state index is 11.7. The molecule has 0 radical (unpaired) electrons. The average molecular weight is 233 g/mol. The van der Waals surface area contributed by atoms with Gasteiger partial charge in [0.25, 0.3) is 0 Å². The molecular weight excluding hydrogens is 218 g/mol. The monoisotopic (exact) mass is 233 g/mol. The highest BCUT2D eigenvalue weighted by Crippen LogP contribution is 2.20. The lowest BCUT2D eigenvalue weighted by Crippen LogP contribution is -2.37. The molecule has 6 heteroatoms. The van der Waals surface area contributed by atoms with Crippen molar-refractivity contribution in [3.8, 4) is 0 Å². The first kappa shape index (κ1) is 10.3. The van der Waals surface area contributed by atoms with Crippen LogP contribution < -0.4 is 10.6 Å². The van der Waals surface area contributed by atoms with Crippen molar-refractivity contribution in [1.29, 1.82) is 0 Å². The molecule has 1 aliphatic heterocycles. The molecule has 0 aliphatic carbocycles. The normalized spacial score (nSPS) is 21.0. The minimum Gasteiger partial charge on any atom is -0.342 e. The molecule has 1 atom stereocenters. The Morgan fingerprint density at radius 2 is 2.41 bits per heavy atom. The Kier molecular flexibility index (Phi) is 2.35. The number of fused-ring (bicyclic) bond motifs is 1. The number of hydrogen-bond acceptors (Lipinski definition) is 4. The van der Waals surface area contributed by atoms with Crippen LogP contribution in [0.1, 0.15) is 19.8 Å². The van der Waals surface area contributed by atoms with E-state index in [4.69, 9.17) is 0 Å². The van der Waals surface area contributed by atoms with Gasteiger partial charge in [0.1, 0.15) is 0 Å². The van der Waals surface area contributed by atoms with Crippen LogP contribution in [0.2, 0.25) is 0 Å². The van der Waals surface area contributed by atoms with Crippen molar-refractivity contribution in [2.24, 2.45) is 5.92 Å². The molecule has 1 unspecified atom stereocenters. The average Bonchev–Trinajstić information content (AvgIpc) is 2.71. The Balaban J connectivity index is 2.10. The van der Waals surface area contributed by atoms with Gasteiger partial charge < -0.3 is 4.90 Å². The number of rotatable bonds is 1. The standard InChI is InChI=1S/C11H15N5O/c1-8-3-2-6-15(7-8)10-12-5-4-9-13-14-11(17)16(9)10/h4-5,8H,2-3,6-7H2,1H3,(H,14,17). The third-order valence-corrected chi connectivity index (χ3v) is 3.25. The third-order valence-electron chi connectivity index (χ3n) is 3.25.